The van der Waals surface area contributed by atoms with Crippen LogP contribution >= 0.6 is 0 Å². The van der Waals surface area contributed by atoms with E-state index in [1.807, 2.05) is 12.1 Å². The standard InChI is InChI=1S/C12H19N3O2/c1-9-6-15(7-11(9)13)8-12(16)14-5-10-3-2-4-17-10/h2-4,9,11H,5-8,13H2,1H3,(H,14,16). The van der Waals surface area contributed by atoms with E-state index >= 15 is 0 Å². The van der Waals surface area contributed by atoms with Crippen LogP contribution in [0.25, 0.3) is 0 Å². The van der Waals surface area contributed by atoms with Crippen LogP contribution in [0.2, 0.25) is 0 Å². The second-order valence-electron chi connectivity index (χ2n) is 4.69. The highest BCUT2D eigenvalue weighted by Gasteiger charge is 2.27. The summed E-state index contributed by atoms with van der Waals surface area (Å²) in [5, 5.41) is 2.83. The number of nitrogens with zero attached hydrogens (tertiary/aromatic N) is 1. The third-order valence-corrected chi connectivity index (χ3v) is 3.15. The van der Waals surface area contributed by atoms with E-state index in [0.717, 1.165) is 18.8 Å². The molecule has 0 radical (unpaired) electrons. The van der Waals surface area contributed by atoms with Crippen LogP contribution in [-0.4, -0.2) is 36.5 Å². The first-order chi connectivity index (χ1) is 8.15. The molecular formula is C12H19N3O2. The van der Waals surface area contributed by atoms with Gasteiger partial charge in [0.1, 0.15) is 5.76 Å². The Kier molecular flexibility index (Phi) is 3.81. The number of nitrogens with two attached hydrogens (primary N) is 1. The van der Waals surface area contributed by atoms with Crippen LogP contribution in [0.5, 0.6) is 0 Å². The number of furan rings is 1. The zero-order valence-corrected chi connectivity index (χ0v) is 10.1. The first-order valence-electron chi connectivity index (χ1n) is 5.92. The van der Waals surface area contributed by atoms with Crippen LogP contribution in [0, 0.1) is 5.92 Å². The van der Waals surface area contributed by atoms with E-state index < -0.39 is 0 Å². The second kappa shape index (κ2) is 5.33. The van der Waals surface area contributed by atoms with Crippen molar-refractivity contribution in [3.8, 4) is 0 Å². The summed E-state index contributed by atoms with van der Waals surface area (Å²) in [6.45, 7) is 4.68. The number of hydrogen-bond acceptors (Lipinski definition) is 4. The minimum Gasteiger partial charge on any atom is -0.467 e. The Morgan fingerprint density at radius 2 is 2.47 bits per heavy atom. The van der Waals surface area contributed by atoms with Gasteiger partial charge in [0.2, 0.25) is 5.91 Å². The molecule has 0 spiro atoms. The number of hydrogen-bond donors (Lipinski definition) is 2. The summed E-state index contributed by atoms with van der Waals surface area (Å²) < 4.78 is 5.14. The maximum atomic E-state index is 11.7. The molecule has 2 rings (SSSR count). The molecule has 1 amide bonds. The fourth-order valence-electron chi connectivity index (χ4n) is 2.08. The third-order valence-electron chi connectivity index (χ3n) is 3.15. The Morgan fingerprint density at radius 1 is 1.65 bits per heavy atom. The molecule has 0 saturated carbocycles. The predicted molar refractivity (Wildman–Crippen MR) is 64.1 cm³/mol. The normalized spacial score (nSPS) is 25.1. The van der Waals surface area contributed by atoms with Crippen LogP contribution in [0.4, 0.5) is 0 Å². The van der Waals surface area contributed by atoms with Crippen molar-refractivity contribution in [2.24, 2.45) is 11.7 Å². The summed E-state index contributed by atoms with van der Waals surface area (Å²) in [6.07, 6.45) is 1.60. The summed E-state index contributed by atoms with van der Waals surface area (Å²) in [5.41, 5.74) is 5.91. The number of likely N-dealkylation sites (tertiary alicyclic amines) is 1. The molecule has 0 aromatic carbocycles. The monoisotopic (exact) mass is 237 g/mol. The first kappa shape index (κ1) is 12.1. The van der Waals surface area contributed by atoms with Crippen LogP contribution in [0.3, 0.4) is 0 Å². The van der Waals surface area contributed by atoms with Gasteiger partial charge in [-0.15, -0.1) is 0 Å². The van der Waals surface area contributed by atoms with E-state index in [2.05, 4.69) is 17.1 Å². The number of rotatable bonds is 4. The van der Waals surface area contributed by atoms with Crippen LogP contribution in [-0.2, 0) is 11.3 Å². The van der Waals surface area contributed by atoms with Gasteiger partial charge in [-0.2, -0.15) is 0 Å². The summed E-state index contributed by atoms with van der Waals surface area (Å²) in [7, 11) is 0. The highest BCUT2D eigenvalue weighted by molar-refractivity contribution is 5.77. The second-order valence-corrected chi connectivity index (χ2v) is 4.69. The van der Waals surface area contributed by atoms with Gasteiger partial charge in [-0.3, -0.25) is 9.69 Å². The number of nitrogens with one attached hydrogen (secondary N) is 1. The molecule has 2 atom stereocenters. The Hall–Kier alpha value is -1.33. The van der Waals surface area contributed by atoms with Gasteiger partial charge in [-0.05, 0) is 18.1 Å². The molecule has 3 N–H and O–H groups in total. The van der Waals surface area contributed by atoms with Crippen molar-refractivity contribution in [2.45, 2.75) is 19.5 Å². The molecule has 1 aliphatic heterocycles. The fraction of sp³-hybridized carbons (Fsp3) is 0.583. The number of carbonyl (C=O) groups is 1. The summed E-state index contributed by atoms with van der Waals surface area (Å²) in [5.74, 6) is 1.25. The lowest BCUT2D eigenvalue weighted by Gasteiger charge is -2.14. The molecular weight excluding hydrogens is 218 g/mol. The lowest BCUT2D eigenvalue weighted by Crippen LogP contribution is -2.37. The van der Waals surface area contributed by atoms with Crippen LogP contribution < -0.4 is 11.1 Å². The molecule has 2 unspecified atom stereocenters. The van der Waals surface area contributed by atoms with E-state index in [0.29, 0.717) is 19.0 Å². The largest absolute Gasteiger partial charge is 0.467 e. The quantitative estimate of drug-likeness (QED) is 0.783. The van der Waals surface area contributed by atoms with E-state index in [9.17, 15) is 4.79 Å². The van der Waals surface area contributed by atoms with Crippen molar-refractivity contribution in [1.82, 2.24) is 10.2 Å². The van der Waals surface area contributed by atoms with E-state index in [1.54, 1.807) is 6.26 Å². The average Bonchev–Trinajstić information content (AvgIpc) is 2.87. The van der Waals surface area contributed by atoms with Gasteiger partial charge in [0.15, 0.2) is 0 Å². The summed E-state index contributed by atoms with van der Waals surface area (Å²) in [6, 6.07) is 3.84. The molecule has 1 fully saturated rings. The van der Waals surface area contributed by atoms with Crippen molar-refractivity contribution in [3.63, 3.8) is 0 Å². The third kappa shape index (κ3) is 3.31. The highest BCUT2D eigenvalue weighted by Crippen LogP contribution is 2.13. The molecule has 94 valence electrons. The van der Waals surface area contributed by atoms with Crippen molar-refractivity contribution in [2.75, 3.05) is 19.6 Å². The molecule has 1 aromatic heterocycles. The van der Waals surface area contributed by atoms with Gasteiger partial charge in [0.05, 0.1) is 19.4 Å². The Morgan fingerprint density at radius 3 is 3.06 bits per heavy atom. The van der Waals surface area contributed by atoms with E-state index in [1.165, 1.54) is 0 Å². The highest BCUT2D eigenvalue weighted by atomic mass is 16.3. The Labute approximate surface area is 101 Å². The van der Waals surface area contributed by atoms with Gasteiger partial charge in [-0.25, -0.2) is 0 Å². The number of amides is 1. The van der Waals surface area contributed by atoms with Crippen LogP contribution in [0.15, 0.2) is 22.8 Å². The molecule has 5 nitrogen and oxygen atoms in total. The molecule has 17 heavy (non-hydrogen) atoms. The maximum Gasteiger partial charge on any atom is 0.234 e. The van der Waals surface area contributed by atoms with E-state index in [4.69, 9.17) is 10.2 Å². The average molecular weight is 237 g/mol. The summed E-state index contributed by atoms with van der Waals surface area (Å²) in [4.78, 5) is 13.8. The zero-order valence-electron chi connectivity index (χ0n) is 10.1. The zero-order chi connectivity index (χ0) is 12.3. The maximum absolute atomic E-state index is 11.7. The minimum absolute atomic E-state index is 0.0164. The van der Waals surface area contributed by atoms with Crippen LogP contribution in [0.1, 0.15) is 12.7 Å². The van der Waals surface area contributed by atoms with Gasteiger partial charge >= 0.3 is 0 Å². The van der Waals surface area contributed by atoms with Gasteiger partial charge < -0.3 is 15.5 Å². The van der Waals surface area contributed by atoms with Crippen molar-refractivity contribution >= 4 is 5.91 Å². The topological polar surface area (TPSA) is 71.5 Å². The van der Waals surface area contributed by atoms with E-state index in [-0.39, 0.29) is 11.9 Å². The van der Waals surface area contributed by atoms with Gasteiger partial charge in [0.25, 0.3) is 0 Å². The van der Waals surface area contributed by atoms with Crippen molar-refractivity contribution < 1.29 is 9.21 Å². The van der Waals surface area contributed by atoms with Gasteiger partial charge in [0, 0.05) is 19.1 Å². The molecule has 1 aliphatic rings. The van der Waals surface area contributed by atoms with Gasteiger partial charge in [-0.1, -0.05) is 6.92 Å². The molecule has 2 heterocycles. The number of carbonyl (C=O) groups excluding carboxylic acids is 1. The Balaban J connectivity index is 1.71. The first-order valence-corrected chi connectivity index (χ1v) is 5.92. The molecule has 0 aliphatic carbocycles. The SMILES string of the molecule is CC1CN(CC(=O)NCc2ccco2)CC1N. The fourth-order valence-corrected chi connectivity index (χ4v) is 2.08. The smallest absolute Gasteiger partial charge is 0.234 e. The van der Waals surface area contributed by atoms with Crippen molar-refractivity contribution in [3.05, 3.63) is 24.2 Å². The molecule has 1 aromatic rings. The summed E-state index contributed by atoms with van der Waals surface area (Å²) >= 11 is 0. The predicted octanol–water partition coefficient (Wildman–Crippen LogP) is 0.175. The Bertz CT molecular complexity index is 354. The molecule has 5 heteroatoms. The minimum atomic E-state index is 0.0164. The molecule has 0 bridgehead atoms. The lowest BCUT2D eigenvalue weighted by atomic mass is 10.1. The molecule has 1 saturated heterocycles. The lowest BCUT2D eigenvalue weighted by molar-refractivity contribution is -0.122. The van der Waals surface area contributed by atoms with Crippen molar-refractivity contribution in [1.29, 1.82) is 0 Å².